The fourth-order valence-corrected chi connectivity index (χ4v) is 5.48. The number of allylic oxidation sites excluding steroid dienone is 1. The van der Waals surface area contributed by atoms with Crippen molar-refractivity contribution in [1.82, 2.24) is 10.2 Å². The van der Waals surface area contributed by atoms with E-state index in [0.717, 1.165) is 19.3 Å². The number of ether oxygens (including phenoxy) is 1. The third-order valence-corrected chi connectivity index (χ3v) is 8.52. The number of rotatable bonds is 18. The molecule has 2 aliphatic carbocycles. The SMILES string of the molecule is CCC/C=C\CN(CC(C)CC)C(=O)C(NC(=O)COC)C(C)c1ccc(NC(=O)CC(C2CC2)C2CC2)c(F)c1. The molecule has 0 heterocycles. The van der Waals surface area contributed by atoms with E-state index in [1.165, 1.54) is 38.9 Å². The summed E-state index contributed by atoms with van der Waals surface area (Å²) in [5.74, 6) is 0.142. The summed E-state index contributed by atoms with van der Waals surface area (Å²) in [6.07, 6.45) is 12.1. The van der Waals surface area contributed by atoms with Crippen molar-refractivity contribution >= 4 is 23.4 Å². The van der Waals surface area contributed by atoms with E-state index < -0.39 is 23.7 Å². The van der Waals surface area contributed by atoms with Crippen molar-refractivity contribution in [2.24, 2.45) is 23.7 Å². The van der Waals surface area contributed by atoms with Crippen molar-refractivity contribution in [2.45, 2.75) is 91.0 Å². The van der Waals surface area contributed by atoms with Gasteiger partial charge in [0.05, 0.1) is 5.69 Å². The normalized spacial score (nSPS) is 17.3. The number of anilines is 1. The molecule has 1 aromatic rings. The average molecular weight is 572 g/mol. The van der Waals surface area contributed by atoms with Gasteiger partial charge in [0.15, 0.2) is 0 Å². The van der Waals surface area contributed by atoms with E-state index in [0.29, 0.717) is 42.8 Å². The molecule has 7 nitrogen and oxygen atoms in total. The predicted octanol–water partition coefficient (Wildman–Crippen LogP) is 6.06. The zero-order chi connectivity index (χ0) is 29.9. The molecule has 3 unspecified atom stereocenters. The molecular weight excluding hydrogens is 521 g/mol. The zero-order valence-electron chi connectivity index (χ0n) is 25.6. The number of nitrogens with one attached hydrogen (secondary N) is 2. The molecule has 2 N–H and O–H groups in total. The van der Waals surface area contributed by atoms with Gasteiger partial charge < -0.3 is 20.3 Å². The minimum Gasteiger partial charge on any atom is -0.375 e. The van der Waals surface area contributed by atoms with E-state index in [4.69, 9.17) is 4.74 Å². The summed E-state index contributed by atoms with van der Waals surface area (Å²) in [5, 5.41) is 5.61. The van der Waals surface area contributed by atoms with E-state index in [1.54, 1.807) is 17.0 Å². The van der Waals surface area contributed by atoms with E-state index in [-0.39, 0.29) is 30.0 Å². The number of hydrogen-bond acceptors (Lipinski definition) is 4. The Bertz CT molecular complexity index is 1040. The predicted molar refractivity (Wildman–Crippen MR) is 161 cm³/mol. The van der Waals surface area contributed by atoms with Gasteiger partial charge >= 0.3 is 0 Å². The molecule has 0 bridgehead atoms. The maximum absolute atomic E-state index is 15.3. The van der Waals surface area contributed by atoms with Crippen LogP contribution < -0.4 is 10.6 Å². The number of methoxy groups -OCH3 is 1. The summed E-state index contributed by atoms with van der Waals surface area (Å²) >= 11 is 0. The van der Waals surface area contributed by atoms with Gasteiger partial charge in [-0.3, -0.25) is 14.4 Å². The quantitative estimate of drug-likeness (QED) is 0.210. The number of benzene rings is 1. The summed E-state index contributed by atoms with van der Waals surface area (Å²) in [7, 11) is 1.42. The molecule has 0 aliphatic heterocycles. The van der Waals surface area contributed by atoms with Crippen molar-refractivity contribution in [3.63, 3.8) is 0 Å². The zero-order valence-corrected chi connectivity index (χ0v) is 25.6. The molecular formula is C33H50FN3O4. The van der Waals surface area contributed by atoms with Crippen molar-refractivity contribution < 1.29 is 23.5 Å². The summed E-state index contributed by atoms with van der Waals surface area (Å²) in [6.45, 7) is 8.91. The molecule has 0 aromatic heterocycles. The van der Waals surface area contributed by atoms with Crippen LogP contribution in [0.15, 0.2) is 30.4 Å². The molecule has 0 radical (unpaired) electrons. The van der Waals surface area contributed by atoms with Crippen molar-refractivity contribution in [3.05, 3.63) is 41.7 Å². The Labute approximate surface area is 245 Å². The van der Waals surface area contributed by atoms with Crippen LogP contribution in [0.1, 0.15) is 90.5 Å². The van der Waals surface area contributed by atoms with Gasteiger partial charge in [-0.1, -0.05) is 58.8 Å². The Morgan fingerprint density at radius 1 is 1.07 bits per heavy atom. The lowest BCUT2D eigenvalue weighted by molar-refractivity contribution is -0.138. The van der Waals surface area contributed by atoms with Crippen LogP contribution in [0.5, 0.6) is 0 Å². The first kappa shape index (κ1) is 32.8. The highest BCUT2D eigenvalue weighted by molar-refractivity contribution is 5.91. The Hall–Kier alpha value is -2.74. The lowest BCUT2D eigenvalue weighted by Crippen LogP contribution is -2.52. The standard InChI is InChI=1S/C33H50FN3O4/c1-6-8-9-10-17-37(20-22(3)7-2)33(40)32(36-31(39)21-41-5)23(4)26-15-16-29(28(34)18-26)35-30(38)19-27(24-11-12-24)25-13-14-25/h9-10,15-16,18,22-25,27,32H,6-8,11-14,17,19-21H2,1-5H3,(H,35,38)(H,36,39)/b10-9-. The molecule has 2 saturated carbocycles. The Morgan fingerprint density at radius 2 is 1.76 bits per heavy atom. The lowest BCUT2D eigenvalue weighted by Gasteiger charge is -2.32. The van der Waals surface area contributed by atoms with Crippen LogP contribution in [-0.4, -0.2) is 55.5 Å². The molecule has 0 saturated heterocycles. The number of amides is 3. The molecule has 1 aromatic carbocycles. The van der Waals surface area contributed by atoms with Crippen LogP contribution in [0, 0.1) is 29.5 Å². The van der Waals surface area contributed by atoms with E-state index in [1.807, 2.05) is 13.0 Å². The number of carbonyl (C=O) groups excluding carboxylic acids is 3. The van der Waals surface area contributed by atoms with E-state index >= 15 is 4.39 Å². The van der Waals surface area contributed by atoms with Gasteiger partial charge in [0, 0.05) is 32.5 Å². The second-order valence-corrected chi connectivity index (χ2v) is 12.1. The molecule has 228 valence electrons. The van der Waals surface area contributed by atoms with Crippen LogP contribution in [0.3, 0.4) is 0 Å². The third-order valence-electron chi connectivity index (χ3n) is 8.52. The van der Waals surface area contributed by atoms with Crippen molar-refractivity contribution in [3.8, 4) is 0 Å². The first-order chi connectivity index (χ1) is 19.7. The Morgan fingerprint density at radius 3 is 2.32 bits per heavy atom. The summed E-state index contributed by atoms with van der Waals surface area (Å²) in [6, 6.07) is 3.75. The minimum absolute atomic E-state index is 0.141. The van der Waals surface area contributed by atoms with Crippen LogP contribution in [0.2, 0.25) is 0 Å². The fraction of sp³-hybridized carbons (Fsp3) is 0.667. The molecule has 2 fully saturated rings. The highest BCUT2D eigenvalue weighted by Crippen LogP contribution is 2.50. The number of unbranched alkanes of at least 4 members (excludes halogenated alkanes) is 1. The molecule has 2 aliphatic rings. The maximum Gasteiger partial charge on any atom is 0.246 e. The van der Waals surface area contributed by atoms with Gasteiger partial charge in [-0.2, -0.15) is 0 Å². The van der Waals surface area contributed by atoms with Gasteiger partial charge in [0.25, 0.3) is 0 Å². The van der Waals surface area contributed by atoms with E-state index in [9.17, 15) is 14.4 Å². The summed E-state index contributed by atoms with van der Waals surface area (Å²) < 4.78 is 20.3. The van der Waals surface area contributed by atoms with Crippen LogP contribution >= 0.6 is 0 Å². The highest BCUT2D eigenvalue weighted by Gasteiger charge is 2.42. The number of hydrogen-bond donors (Lipinski definition) is 2. The Balaban J connectivity index is 1.76. The van der Waals surface area contributed by atoms with E-state index in [2.05, 4.69) is 37.5 Å². The molecule has 8 heteroatoms. The summed E-state index contributed by atoms with van der Waals surface area (Å²) in [5.41, 5.74) is 0.706. The van der Waals surface area contributed by atoms with Gasteiger partial charge in [-0.15, -0.1) is 0 Å². The number of halogens is 1. The van der Waals surface area contributed by atoms with Gasteiger partial charge in [-0.25, -0.2) is 4.39 Å². The molecule has 3 atom stereocenters. The number of carbonyl (C=O) groups is 3. The van der Waals surface area contributed by atoms with Crippen molar-refractivity contribution in [2.75, 3.05) is 32.1 Å². The van der Waals surface area contributed by atoms with Gasteiger partial charge in [-0.05, 0) is 73.5 Å². The smallest absolute Gasteiger partial charge is 0.246 e. The molecule has 3 amide bonds. The fourth-order valence-electron chi connectivity index (χ4n) is 5.48. The maximum atomic E-state index is 15.3. The lowest BCUT2D eigenvalue weighted by atomic mass is 9.91. The monoisotopic (exact) mass is 571 g/mol. The third kappa shape index (κ3) is 10.2. The molecule has 3 rings (SSSR count). The van der Waals surface area contributed by atoms with Crippen molar-refractivity contribution in [1.29, 1.82) is 0 Å². The molecule has 41 heavy (non-hydrogen) atoms. The van der Waals surface area contributed by atoms with Crippen LogP contribution in [0.25, 0.3) is 0 Å². The first-order valence-corrected chi connectivity index (χ1v) is 15.5. The molecule has 0 spiro atoms. The van der Waals surface area contributed by atoms with Crippen LogP contribution in [-0.2, 0) is 19.1 Å². The van der Waals surface area contributed by atoms with Gasteiger partial charge in [0.2, 0.25) is 17.7 Å². The largest absolute Gasteiger partial charge is 0.375 e. The van der Waals surface area contributed by atoms with Crippen LogP contribution in [0.4, 0.5) is 10.1 Å². The first-order valence-electron chi connectivity index (χ1n) is 15.5. The summed E-state index contributed by atoms with van der Waals surface area (Å²) in [4.78, 5) is 41.0. The second kappa shape index (κ2) is 16.0. The second-order valence-electron chi connectivity index (χ2n) is 12.1. The number of nitrogens with zero attached hydrogens (tertiary/aromatic N) is 1. The Kier molecular flexibility index (Phi) is 12.8. The topological polar surface area (TPSA) is 87.7 Å². The highest BCUT2D eigenvalue weighted by atomic mass is 19.1. The van der Waals surface area contributed by atoms with Gasteiger partial charge in [0.1, 0.15) is 18.5 Å². The minimum atomic E-state index is -0.904. The average Bonchev–Trinajstić information content (AvgIpc) is 3.87.